The molecule has 0 saturated heterocycles. The molecule has 5 nitrogen and oxygen atoms in total. The fraction of sp³-hybridized carbons (Fsp3) is 0.571. The minimum absolute atomic E-state index is 0.0349. The van der Waals surface area contributed by atoms with E-state index in [2.05, 4.69) is 10.6 Å². The number of hydrogen-bond acceptors (Lipinski definition) is 4. The summed E-state index contributed by atoms with van der Waals surface area (Å²) in [7, 11) is 0. The highest BCUT2D eigenvalue weighted by atomic mass is 32.1. The van der Waals surface area contributed by atoms with Crippen molar-refractivity contribution in [2.45, 2.75) is 38.7 Å². The molecular weight excluding hydrogens is 276 g/mol. The fourth-order valence-electron chi connectivity index (χ4n) is 1.58. The van der Waals surface area contributed by atoms with Gasteiger partial charge in [-0.3, -0.25) is 9.59 Å². The Morgan fingerprint density at radius 1 is 1.45 bits per heavy atom. The van der Waals surface area contributed by atoms with Gasteiger partial charge in [0.25, 0.3) is 5.91 Å². The highest BCUT2D eigenvalue weighted by Gasteiger charge is 2.30. The number of hydrogen-bond donors (Lipinski definition) is 3. The van der Waals surface area contributed by atoms with Crippen molar-refractivity contribution in [1.82, 2.24) is 5.32 Å². The highest BCUT2D eigenvalue weighted by molar-refractivity contribution is 7.18. The van der Waals surface area contributed by atoms with Gasteiger partial charge in [0.05, 0.1) is 15.5 Å². The Balaban J connectivity index is 1.87. The van der Waals surface area contributed by atoms with Crippen LogP contribution >= 0.6 is 11.3 Å². The van der Waals surface area contributed by atoms with Crippen molar-refractivity contribution >= 4 is 28.2 Å². The van der Waals surface area contributed by atoms with Crippen molar-refractivity contribution in [2.75, 3.05) is 11.9 Å². The van der Waals surface area contributed by atoms with Crippen molar-refractivity contribution in [3.63, 3.8) is 0 Å². The predicted molar refractivity (Wildman–Crippen MR) is 78.9 cm³/mol. The van der Waals surface area contributed by atoms with Crippen LogP contribution in [0.1, 0.15) is 42.8 Å². The van der Waals surface area contributed by atoms with Crippen molar-refractivity contribution in [1.29, 1.82) is 0 Å². The van der Waals surface area contributed by atoms with Crippen LogP contribution in [-0.2, 0) is 4.79 Å². The van der Waals surface area contributed by atoms with Crippen LogP contribution in [0.15, 0.2) is 12.1 Å². The van der Waals surface area contributed by atoms with Gasteiger partial charge in [0.15, 0.2) is 0 Å². The molecule has 0 radical (unpaired) electrons. The number of rotatable bonds is 6. The molecule has 1 aromatic rings. The number of thiophene rings is 1. The van der Waals surface area contributed by atoms with E-state index in [9.17, 15) is 14.7 Å². The summed E-state index contributed by atoms with van der Waals surface area (Å²) in [5.74, 6) is -0.0441. The molecule has 0 bridgehead atoms. The number of nitrogens with one attached hydrogen (secondary N) is 2. The zero-order chi connectivity index (χ0) is 14.8. The number of anilines is 1. The van der Waals surface area contributed by atoms with Crippen LogP contribution in [-0.4, -0.2) is 29.1 Å². The highest BCUT2D eigenvalue weighted by Crippen LogP contribution is 2.31. The van der Waals surface area contributed by atoms with Crippen LogP contribution in [0.2, 0.25) is 0 Å². The fourth-order valence-corrected chi connectivity index (χ4v) is 2.40. The first kappa shape index (κ1) is 15.0. The summed E-state index contributed by atoms with van der Waals surface area (Å²) in [6.45, 7) is 3.76. The lowest BCUT2D eigenvalue weighted by Crippen LogP contribution is -2.39. The third-order valence-electron chi connectivity index (χ3n) is 3.42. The van der Waals surface area contributed by atoms with Gasteiger partial charge in [-0.05, 0) is 38.3 Å². The molecule has 1 aliphatic rings. The second-order valence-electron chi connectivity index (χ2n) is 5.46. The molecule has 0 aromatic carbocycles. The predicted octanol–water partition coefficient (Wildman–Crippen LogP) is 1.99. The Labute approximate surface area is 122 Å². The van der Waals surface area contributed by atoms with Gasteiger partial charge >= 0.3 is 0 Å². The maximum absolute atomic E-state index is 11.9. The largest absolute Gasteiger partial charge is 0.388 e. The second-order valence-corrected chi connectivity index (χ2v) is 6.54. The van der Waals surface area contributed by atoms with Gasteiger partial charge in [-0.2, -0.15) is 0 Å². The topological polar surface area (TPSA) is 78.4 Å². The smallest absolute Gasteiger partial charge is 0.261 e. The zero-order valence-corrected chi connectivity index (χ0v) is 12.5. The van der Waals surface area contributed by atoms with E-state index >= 15 is 0 Å². The van der Waals surface area contributed by atoms with Crippen LogP contribution in [0, 0.1) is 5.92 Å². The standard InChI is InChI=1S/C14H20N2O3S/c1-3-14(2,19)8-15-13(18)10-6-7-11(20-10)16-12(17)9-4-5-9/h6-7,9,19H,3-5,8H2,1-2H3,(H,15,18)(H,16,17). The summed E-state index contributed by atoms with van der Waals surface area (Å²) in [5, 5.41) is 16.0. The van der Waals surface area contributed by atoms with Crippen molar-refractivity contribution in [3.8, 4) is 0 Å². The second kappa shape index (κ2) is 5.93. The molecule has 2 rings (SSSR count). The number of amides is 2. The van der Waals surface area contributed by atoms with Gasteiger partial charge in [0.1, 0.15) is 0 Å². The number of carbonyl (C=O) groups is 2. The Kier molecular flexibility index (Phi) is 4.45. The molecule has 0 spiro atoms. The SMILES string of the molecule is CCC(C)(O)CNC(=O)c1ccc(NC(=O)C2CC2)s1. The van der Waals surface area contributed by atoms with E-state index in [1.807, 2.05) is 6.92 Å². The lowest BCUT2D eigenvalue weighted by molar-refractivity contribution is -0.117. The molecule has 2 amide bonds. The first-order chi connectivity index (χ1) is 9.41. The first-order valence-electron chi connectivity index (χ1n) is 6.82. The van der Waals surface area contributed by atoms with Crippen LogP contribution < -0.4 is 10.6 Å². The van der Waals surface area contributed by atoms with Gasteiger partial charge in [0, 0.05) is 12.5 Å². The van der Waals surface area contributed by atoms with E-state index < -0.39 is 5.60 Å². The maximum atomic E-state index is 11.9. The molecule has 1 atom stereocenters. The average molecular weight is 296 g/mol. The third kappa shape index (κ3) is 4.05. The van der Waals surface area contributed by atoms with Gasteiger partial charge in [-0.1, -0.05) is 6.92 Å². The zero-order valence-electron chi connectivity index (χ0n) is 11.7. The number of carbonyl (C=O) groups excluding carboxylic acids is 2. The maximum Gasteiger partial charge on any atom is 0.261 e. The van der Waals surface area contributed by atoms with Crippen molar-refractivity contribution < 1.29 is 14.7 Å². The minimum Gasteiger partial charge on any atom is -0.388 e. The molecule has 1 unspecified atom stereocenters. The van der Waals surface area contributed by atoms with Gasteiger partial charge < -0.3 is 15.7 Å². The van der Waals surface area contributed by atoms with Gasteiger partial charge in [-0.25, -0.2) is 0 Å². The Morgan fingerprint density at radius 3 is 2.75 bits per heavy atom. The van der Waals surface area contributed by atoms with E-state index in [0.717, 1.165) is 12.8 Å². The first-order valence-corrected chi connectivity index (χ1v) is 7.64. The molecule has 0 aliphatic heterocycles. The van der Waals surface area contributed by atoms with E-state index in [0.29, 0.717) is 16.3 Å². The van der Waals surface area contributed by atoms with E-state index in [1.54, 1.807) is 19.1 Å². The van der Waals surface area contributed by atoms with Gasteiger partial charge in [0.2, 0.25) is 5.91 Å². The molecule has 1 aliphatic carbocycles. The molecule has 20 heavy (non-hydrogen) atoms. The molecule has 1 saturated carbocycles. The average Bonchev–Trinajstić information content (AvgIpc) is 3.17. The van der Waals surface area contributed by atoms with Crippen LogP contribution in [0.4, 0.5) is 5.00 Å². The minimum atomic E-state index is -0.893. The van der Waals surface area contributed by atoms with Crippen molar-refractivity contribution in [3.05, 3.63) is 17.0 Å². The molecule has 1 fully saturated rings. The van der Waals surface area contributed by atoms with Gasteiger partial charge in [-0.15, -0.1) is 11.3 Å². The summed E-state index contributed by atoms with van der Waals surface area (Å²) in [6.07, 6.45) is 2.48. The molecule has 6 heteroatoms. The molecule has 110 valence electrons. The van der Waals surface area contributed by atoms with E-state index in [1.165, 1.54) is 11.3 Å². The third-order valence-corrected chi connectivity index (χ3v) is 4.42. The normalized spacial score (nSPS) is 17.4. The summed E-state index contributed by atoms with van der Waals surface area (Å²) in [6, 6.07) is 3.42. The Morgan fingerprint density at radius 2 is 2.15 bits per heavy atom. The Bertz CT molecular complexity index is 506. The lowest BCUT2D eigenvalue weighted by atomic mass is 10.0. The van der Waals surface area contributed by atoms with Crippen LogP contribution in [0.25, 0.3) is 0 Å². The quantitative estimate of drug-likeness (QED) is 0.751. The molecule has 3 N–H and O–H groups in total. The lowest BCUT2D eigenvalue weighted by Gasteiger charge is -2.21. The van der Waals surface area contributed by atoms with Crippen LogP contribution in [0.3, 0.4) is 0 Å². The summed E-state index contributed by atoms with van der Waals surface area (Å²) in [4.78, 5) is 24.1. The number of aliphatic hydroxyl groups is 1. The van der Waals surface area contributed by atoms with E-state index in [4.69, 9.17) is 0 Å². The van der Waals surface area contributed by atoms with Crippen molar-refractivity contribution in [2.24, 2.45) is 5.92 Å². The Hall–Kier alpha value is -1.40. The summed E-state index contributed by atoms with van der Waals surface area (Å²) >= 11 is 1.25. The molecule has 1 heterocycles. The summed E-state index contributed by atoms with van der Waals surface area (Å²) in [5.41, 5.74) is -0.893. The monoisotopic (exact) mass is 296 g/mol. The summed E-state index contributed by atoms with van der Waals surface area (Å²) < 4.78 is 0. The van der Waals surface area contributed by atoms with E-state index in [-0.39, 0.29) is 24.3 Å². The van der Waals surface area contributed by atoms with Crippen LogP contribution in [0.5, 0.6) is 0 Å². The molecular formula is C14H20N2O3S. The molecule has 1 aromatic heterocycles.